The molecular formula is C19H17Cl2N5O2. The number of amides is 1. The summed E-state index contributed by atoms with van der Waals surface area (Å²) in [5, 5.41) is 12.9. The molecule has 2 aromatic rings. The maximum Gasteiger partial charge on any atom is 0.258 e. The summed E-state index contributed by atoms with van der Waals surface area (Å²) in [6.07, 6.45) is 3.18. The number of carbonyl (C=O) groups is 1. The number of nitriles is 1. The van der Waals surface area contributed by atoms with E-state index < -0.39 is 17.7 Å². The highest BCUT2D eigenvalue weighted by molar-refractivity contribution is 6.35. The number of fused-ring (bicyclic) bond motifs is 1. The number of hydrogen-bond donors (Lipinski definition) is 2. The number of H-pyrrole nitrogens is 1. The van der Waals surface area contributed by atoms with Gasteiger partial charge >= 0.3 is 0 Å². The fourth-order valence-corrected chi connectivity index (χ4v) is 4.37. The van der Waals surface area contributed by atoms with Gasteiger partial charge in [-0.15, -0.1) is 0 Å². The van der Waals surface area contributed by atoms with Crippen LogP contribution in [0.3, 0.4) is 0 Å². The lowest BCUT2D eigenvalue weighted by molar-refractivity contribution is -0.119. The number of carbonyl (C=O) groups excluding carboxylic acids is 1. The summed E-state index contributed by atoms with van der Waals surface area (Å²) in [4.78, 5) is 34.9. The molecule has 0 aliphatic carbocycles. The highest BCUT2D eigenvalue weighted by Crippen LogP contribution is 2.41. The highest BCUT2D eigenvalue weighted by atomic mass is 35.5. The van der Waals surface area contributed by atoms with Crippen LogP contribution >= 0.6 is 23.2 Å². The van der Waals surface area contributed by atoms with Crippen molar-refractivity contribution in [2.75, 3.05) is 23.3 Å². The van der Waals surface area contributed by atoms with Crippen LogP contribution in [-0.2, 0) is 4.79 Å². The molecule has 0 spiro atoms. The zero-order valence-corrected chi connectivity index (χ0v) is 16.3. The van der Waals surface area contributed by atoms with Crippen molar-refractivity contribution in [2.45, 2.75) is 25.2 Å². The number of aromatic amines is 1. The lowest BCUT2D eigenvalue weighted by atomic mass is 9.79. The van der Waals surface area contributed by atoms with E-state index in [1.54, 1.807) is 12.1 Å². The van der Waals surface area contributed by atoms with Gasteiger partial charge in [0.1, 0.15) is 11.7 Å². The van der Waals surface area contributed by atoms with E-state index in [1.165, 1.54) is 6.07 Å². The molecule has 7 nitrogen and oxygen atoms in total. The van der Waals surface area contributed by atoms with Crippen LogP contribution in [-0.4, -0.2) is 29.0 Å². The van der Waals surface area contributed by atoms with Crippen molar-refractivity contribution in [1.29, 1.82) is 5.26 Å². The Morgan fingerprint density at radius 1 is 1.18 bits per heavy atom. The molecular weight excluding hydrogens is 401 g/mol. The van der Waals surface area contributed by atoms with Gasteiger partial charge in [-0.25, -0.2) is 0 Å². The minimum absolute atomic E-state index is 0.178. The molecule has 1 fully saturated rings. The number of rotatable bonds is 2. The smallest absolute Gasteiger partial charge is 0.258 e. The van der Waals surface area contributed by atoms with Crippen LogP contribution in [0.1, 0.15) is 36.3 Å². The molecule has 0 unspecified atom stereocenters. The molecule has 1 saturated heterocycles. The first-order chi connectivity index (χ1) is 13.5. The minimum atomic E-state index is -1.10. The topological polar surface area (TPSA) is 102 Å². The molecule has 0 saturated carbocycles. The summed E-state index contributed by atoms with van der Waals surface area (Å²) in [7, 11) is 0. The normalized spacial score (nSPS) is 21.6. The fourth-order valence-electron chi connectivity index (χ4n) is 3.84. The molecule has 3 heterocycles. The minimum Gasteiger partial charge on any atom is -0.342 e. The summed E-state index contributed by atoms with van der Waals surface area (Å²) in [6.45, 7) is 1.59. The first kappa shape index (κ1) is 18.8. The highest BCUT2D eigenvalue weighted by Gasteiger charge is 2.41. The van der Waals surface area contributed by atoms with Crippen molar-refractivity contribution in [3.63, 3.8) is 0 Å². The second-order valence-corrected chi connectivity index (χ2v) is 7.78. The number of anilines is 2. The SMILES string of the molecule is N#C[C@H]1C(=O)Nc2nc(N3CCCCC3)[nH]c(=O)c2[C@@H]1c1ccc(Cl)cc1Cl. The van der Waals surface area contributed by atoms with Crippen LogP contribution < -0.4 is 15.8 Å². The molecule has 1 amide bonds. The van der Waals surface area contributed by atoms with E-state index in [-0.39, 0.29) is 22.0 Å². The van der Waals surface area contributed by atoms with Gasteiger partial charge in [0.25, 0.3) is 5.56 Å². The van der Waals surface area contributed by atoms with E-state index in [9.17, 15) is 14.9 Å². The van der Waals surface area contributed by atoms with E-state index in [4.69, 9.17) is 23.2 Å². The number of nitrogens with one attached hydrogen (secondary N) is 2. The average molecular weight is 418 g/mol. The Bertz CT molecular complexity index is 1040. The van der Waals surface area contributed by atoms with Crippen LogP contribution in [0, 0.1) is 17.2 Å². The van der Waals surface area contributed by atoms with Crippen molar-refractivity contribution in [2.24, 2.45) is 5.92 Å². The Morgan fingerprint density at radius 2 is 1.93 bits per heavy atom. The predicted molar refractivity (Wildman–Crippen MR) is 107 cm³/mol. The Morgan fingerprint density at radius 3 is 2.61 bits per heavy atom. The molecule has 28 heavy (non-hydrogen) atoms. The first-order valence-electron chi connectivity index (χ1n) is 9.04. The number of hydrogen-bond acceptors (Lipinski definition) is 5. The number of benzene rings is 1. The summed E-state index contributed by atoms with van der Waals surface area (Å²) < 4.78 is 0. The van der Waals surface area contributed by atoms with Crippen molar-refractivity contribution >= 4 is 40.9 Å². The van der Waals surface area contributed by atoms with Crippen molar-refractivity contribution in [1.82, 2.24) is 9.97 Å². The maximum absolute atomic E-state index is 13.0. The van der Waals surface area contributed by atoms with E-state index in [1.807, 2.05) is 11.0 Å². The van der Waals surface area contributed by atoms with Crippen LogP contribution in [0.25, 0.3) is 0 Å². The molecule has 2 atom stereocenters. The van der Waals surface area contributed by atoms with Gasteiger partial charge in [0.05, 0.1) is 11.6 Å². The zero-order valence-electron chi connectivity index (χ0n) is 14.8. The largest absolute Gasteiger partial charge is 0.342 e. The number of aromatic nitrogens is 2. The number of nitrogens with zero attached hydrogens (tertiary/aromatic N) is 3. The summed E-state index contributed by atoms with van der Waals surface area (Å²) >= 11 is 12.3. The Hall–Kier alpha value is -2.56. The van der Waals surface area contributed by atoms with Gasteiger partial charge in [-0.05, 0) is 37.0 Å². The van der Waals surface area contributed by atoms with Crippen LogP contribution in [0.15, 0.2) is 23.0 Å². The quantitative estimate of drug-likeness (QED) is 0.780. The van der Waals surface area contributed by atoms with Crippen LogP contribution in [0.5, 0.6) is 0 Å². The van der Waals surface area contributed by atoms with E-state index in [2.05, 4.69) is 15.3 Å². The lowest BCUT2D eigenvalue weighted by Gasteiger charge is -2.31. The van der Waals surface area contributed by atoms with E-state index >= 15 is 0 Å². The van der Waals surface area contributed by atoms with Crippen LogP contribution in [0.4, 0.5) is 11.8 Å². The van der Waals surface area contributed by atoms with E-state index in [0.29, 0.717) is 16.5 Å². The average Bonchev–Trinajstić information content (AvgIpc) is 2.67. The Kier molecular flexibility index (Phi) is 5.00. The Labute approximate surface area is 171 Å². The number of halogens is 2. The first-order valence-corrected chi connectivity index (χ1v) is 9.80. The van der Waals surface area contributed by atoms with Gasteiger partial charge in [0.15, 0.2) is 0 Å². The van der Waals surface area contributed by atoms with Crippen molar-refractivity contribution < 1.29 is 4.79 Å². The Balaban J connectivity index is 1.87. The molecule has 1 aromatic heterocycles. The van der Waals surface area contributed by atoms with Crippen LogP contribution in [0.2, 0.25) is 10.0 Å². The summed E-state index contributed by atoms with van der Waals surface area (Å²) in [6, 6.07) is 6.78. The lowest BCUT2D eigenvalue weighted by Crippen LogP contribution is -2.40. The van der Waals surface area contributed by atoms with Gasteiger partial charge in [-0.3, -0.25) is 14.6 Å². The fraction of sp³-hybridized carbons (Fsp3) is 0.368. The molecule has 1 aromatic carbocycles. The van der Waals surface area contributed by atoms with Crippen molar-refractivity contribution in [3.8, 4) is 6.07 Å². The zero-order chi connectivity index (χ0) is 19.8. The van der Waals surface area contributed by atoms with E-state index in [0.717, 1.165) is 32.4 Å². The molecule has 2 aliphatic rings. The summed E-state index contributed by atoms with van der Waals surface area (Å²) in [5.41, 5.74) is 0.338. The standard InChI is InChI=1S/C19H17Cl2N5O2/c20-10-4-5-11(13(21)8-10)14-12(9-22)17(27)23-16-15(14)18(28)25-19(24-16)26-6-2-1-3-7-26/h4-5,8,12,14H,1-3,6-7H2,(H2,23,24,25,27,28)/t12-,14-/m1/s1. The third-order valence-corrected chi connectivity index (χ3v) is 5.77. The van der Waals surface area contributed by atoms with Gasteiger partial charge in [-0.1, -0.05) is 29.3 Å². The second kappa shape index (κ2) is 7.46. The molecule has 144 valence electrons. The third-order valence-electron chi connectivity index (χ3n) is 5.20. The van der Waals surface area contributed by atoms with Gasteiger partial charge in [-0.2, -0.15) is 10.2 Å². The second-order valence-electron chi connectivity index (χ2n) is 6.94. The molecule has 0 bridgehead atoms. The van der Waals surface area contributed by atoms with Gasteiger partial charge < -0.3 is 10.2 Å². The van der Waals surface area contributed by atoms with Crippen molar-refractivity contribution in [3.05, 3.63) is 49.7 Å². The van der Waals surface area contributed by atoms with Gasteiger partial charge in [0.2, 0.25) is 11.9 Å². The predicted octanol–water partition coefficient (Wildman–Crippen LogP) is 3.29. The molecule has 0 radical (unpaired) electrons. The number of piperidine rings is 1. The third kappa shape index (κ3) is 3.23. The molecule has 9 heteroatoms. The molecule has 2 aliphatic heterocycles. The monoisotopic (exact) mass is 417 g/mol. The summed E-state index contributed by atoms with van der Waals surface area (Å²) in [5.74, 6) is -1.83. The molecule has 4 rings (SSSR count). The maximum atomic E-state index is 13.0. The van der Waals surface area contributed by atoms with Gasteiger partial charge in [0, 0.05) is 29.1 Å². The molecule has 2 N–H and O–H groups in total.